The van der Waals surface area contributed by atoms with E-state index < -0.39 is 0 Å². The summed E-state index contributed by atoms with van der Waals surface area (Å²) in [7, 11) is 0. The largest absolute Gasteiger partial charge is 0.393 e. The quantitative estimate of drug-likeness (QED) is 0.525. The molecule has 4 aliphatic carbocycles. The van der Waals surface area contributed by atoms with Crippen LogP contribution in [-0.2, 0) is 0 Å². The Morgan fingerprint density at radius 3 is 2.45 bits per heavy atom. The topological polar surface area (TPSA) is 40.5 Å². The molecule has 2 heteroatoms. The van der Waals surface area contributed by atoms with Crippen molar-refractivity contribution in [3.05, 3.63) is 11.6 Å². The van der Waals surface area contributed by atoms with Crippen molar-refractivity contribution in [3.8, 4) is 0 Å². The smallest absolute Gasteiger partial charge is 0.0757 e. The predicted octanol–water partition coefficient (Wildman–Crippen LogP) is 6.36. The summed E-state index contributed by atoms with van der Waals surface area (Å²) >= 11 is 0. The minimum absolute atomic E-state index is 0.200. The van der Waals surface area contributed by atoms with E-state index in [2.05, 4.69) is 40.7 Å². The van der Waals surface area contributed by atoms with Gasteiger partial charge in [-0.3, -0.25) is 0 Å². The Hall–Kier alpha value is -0.340. The molecule has 1 unspecified atom stereocenters. The maximum absolute atomic E-state index is 11.3. The van der Waals surface area contributed by atoms with Crippen LogP contribution in [0.25, 0.3) is 0 Å². The first-order valence-corrected chi connectivity index (χ1v) is 12.7. The van der Waals surface area contributed by atoms with E-state index in [1.807, 2.05) is 0 Å². The van der Waals surface area contributed by atoms with Crippen molar-refractivity contribution in [1.29, 1.82) is 0 Å². The molecule has 0 bridgehead atoms. The number of aliphatic hydroxyl groups is 2. The van der Waals surface area contributed by atoms with E-state index >= 15 is 0 Å². The number of aliphatic hydroxyl groups excluding tert-OH is 2. The third kappa shape index (κ3) is 3.65. The van der Waals surface area contributed by atoms with E-state index in [1.165, 1.54) is 50.5 Å². The second-order valence-corrected chi connectivity index (χ2v) is 12.3. The molecule has 29 heavy (non-hydrogen) atoms. The molecule has 0 aromatic rings. The number of hydrogen-bond acceptors (Lipinski definition) is 2. The fraction of sp³-hybridized carbons (Fsp3) is 0.926. The molecule has 2 nitrogen and oxygen atoms in total. The molecular formula is C27H46O2. The van der Waals surface area contributed by atoms with Gasteiger partial charge >= 0.3 is 0 Å². The van der Waals surface area contributed by atoms with E-state index in [1.54, 1.807) is 0 Å². The van der Waals surface area contributed by atoms with Crippen LogP contribution in [0.3, 0.4) is 0 Å². The van der Waals surface area contributed by atoms with Crippen molar-refractivity contribution < 1.29 is 10.2 Å². The molecule has 4 rings (SSSR count). The van der Waals surface area contributed by atoms with Crippen LogP contribution in [0.2, 0.25) is 0 Å². The van der Waals surface area contributed by atoms with Crippen molar-refractivity contribution >= 4 is 0 Å². The number of hydrogen-bond donors (Lipinski definition) is 2. The van der Waals surface area contributed by atoms with E-state index in [0.29, 0.717) is 23.2 Å². The summed E-state index contributed by atoms with van der Waals surface area (Å²) in [6.45, 7) is 12.2. The summed E-state index contributed by atoms with van der Waals surface area (Å²) in [5.74, 6) is 4.18. The van der Waals surface area contributed by atoms with Crippen LogP contribution >= 0.6 is 0 Å². The first-order chi connectivity index (χ1) is 13.7. The van der Waals surface area contributed by atoms with Crippen LogP contribution in [0.5, 0.6) is 0 Å². The zero-order valence-corrected chi connectivity index (χ0v) is 19.7. The average Bonchev–Trinajstić information content (AvgIpc) is 3.00. The van der Waals surface area contributed by atoms with Gasteiger partial charge in [0.2, 0.25) is 0 Å². The number of fused-ring (bicyclic) bond motifs is 5. The lowest BCUT2D eigenvalue weighted by Crippen LogP contribution is -2.54. The predicted molar refractivity (Wildman–Crippen MR) is 120 cm³/mol. The molecule has 0 saturated heterocycles. The van der Waals surface area contributed by atoms with Crippen LogP contribution in [0.15, 0.2) is 11.6 Å². The molecule has 3 fully saturated rings. The van der Waals surface area contributed by atoms with Crippen LogP contribution in [0.1, 0.15) is 98.8 Å². The molecule has 0 aromatic heterocycles. The lowest BCUT2D eigenvalue weighted by atomic mass is 9.46. The molecule has 0 radical (unpaired) electrons. The standard InChI is InChI=1S/C27H46O2/c1-17(2)7-6-8-18(3)21-9-10-22-25-23(12-14-27(21,22)5)26(4)13-11-20(28)15-19(26)16-24(25)29/h16-18,20-25,28-29H,6-15H2,1-5H3/t18?,20-,21+,22-,23-,24+,25-,26-,27+/m0/s1. The molecule has 0 aromatic carbocycles. The first kappa shape index (κ1) is 21.9. The number of rotatable bonds is 5. The fourth-order valence-corrected chi connectivity index (χ4v) is 8.65. The van der Waals surface area contributed by atoms with E-state index in [-0.39, 0.29) is 17.6 Å². The third-order valence-corrected chi connectivity index (χ3v) is 10.3. The normalized spacial score (nSPS) is 47.9. The molecule has 166 valence electrons. The van der Waals surface area contributed by atoms with Crippen LogP contribution in [-0.4, -0.2) is 22.4 Å². The van der Waals surface area contributed by atoms with Gasteiger partial charge in [-0.15, -0.1) is 0 Å². The molecule has 3 saturated carbocycles. The highest BCUT2D eigenvalue weighted by Crippen LogP contribution is 2.67. The first-order valence-electron chi connectivity index (χ1n) is 12.7. The maximum atomic E-state index is 11.3. The van der Waals surface area contributed by atoms with Gasteiger partial charge in [-0.25, -0.2) is 0 Å². The van der Waals surface area contributed by atoms with Gasteiger partial charge < -0.3 is 10.2 Å². The van der Waals surface area contributed by atoms with Crippen molar-refractivity contribution in [2.45, 2.75) is 111 Å². The van der Waals surface area contributed by atoms with E-state index in [4.69, 9.17) is 0 Å². The second kappa shape index (κ2) is 7.97. The Kier molecular flexibility index (Phi) is 6.01. The highest BCUT2D eigenvalue weighted by Gasteiger charge is 2.61. The van der Waals surface area contributed by atoms with Gasteiger partial charge in [0.15, 0.2) is 0 Å². The average molecular weight is 403 g/mol. The van der Waals surface area contributed by atoms with Crippen molar-refractivity contribution in [3.63, 3.8) is 0 Å². The molecule has 0 aliphatic heterocycles. The van der Waals surface area contributed by atoms with E-state index in [9.17, 15) is 10.2 Å². The summed E-state index contributed by atoms with van der Waals surface area (Å²) in [4.78, 5) is 0. The van der Waals surface area contributed by atoms with Gasteiger partial charge in [-0.05, 0) is 91.3 Å². The van der Waals surface area contributed by atoms with Crippen LogP contribution in [0, 0.1) is 46.3 Å². The minimum atomic E-state index is -0.298. The summed E-state index contributed by atoms with van der Waals surface area (Å²) in [5, 5.41) is 21.5. The summed E-state index contributed by atoms with van der Waals surface area (Å²) in [6, 6.07) is 0. The van der Waals surface area contributed by atoms with E-state index in [0.717, 1.165) is 37.0 Å². The van der Waals surface area contributed by atoms with Crippen LogP contribution in [0.4, 0.5) is 0 Å². The Labute approximate surface area is 179 Å². The highest BCUT2D eigenvalue weighted by molar-refractivity contribution is 5.27. The van der Waals surface area contributed by atoms with Crippen molar-refractivity contribution in [1.82, 2.24) is 0 Å². The molecule has 0 amide bonds. The molecule has 0 heterocycles. The van der Waals surface area contributed by atoms with Gasteiger partial charge in [0.1, 0.15) is 0 Å². The van der Waals surface area contributed by atoms with Gasteiger partial charge in [-0.2, -0.15) is 0 Å². The summed E-state index contributed by atoms with van der Waals surface area (Å²) in [5.41, 5.74) is 1.99. The minimum Gasteiger partial charge on any atom is -0.393 e. The Balaban J connectivity index is 1.54. The van der Waals surface area contributed by atoms with Gasteiger partial charge in [-0.1, -0.05) is 65.5 Å². The second-order valence-electron chi connectivity index (χ2n) is 12.3. The van der Waals surface area contributed by atoms with Gasteiger partial charge in [0, 0.05) is 0 Å². The van der Waals surface area contributed by atoms with Crippen molar-refractivity contribution in [2.24, 2.45) is 46.3 Å². The monoisotopic (exact) mass is 402 g/mol. The Morgan fingerprint density at radius 1 is 0.966 bits per heavy atom. The molecular weight excluding hydrogens is 356 g/mol. The highest BCUT2D eigenvalue weighted by atomic mass is 16.3. The lowest BCUT2D eigenvalue weighted by molar-refractivity contribution is -0.0970. The third-order valence-electron chi connectivity index (χ3n) is 10.3. The maximum Gasteiger partial charge on any atom is 0.0757 e. The SMILES string of the molecule is CC(C)CCCC(C)[C@H]1CC[C@H]2[C@@H]3[C@H](O)C=C4C[C@@H](O)CC[C@]4(C)[C@H]3CC[C@]12C. The van der Waals surface area contributed by atoms with Gasteiger partial charge in [0.05, 0.1) is 12.2 Å². The fourth-order valence-electron chi connectivity index (χ4n) is 8.65. The summed E-state index contributed by atoms with van der Waals surface area (Å²) in [6.07, 6.45) is 13.9. The Bertz CT molecular complexity index is 624. The molecule has 9 atom stereocenters. The zero-order valence-electron chi connectivity index (χ0n) is 19.7. The zero-order chi connectivity index (χ0) is 21.0. The molecule has 2 N–H and O–H groups in total. The lowest BCUT2D eigenvalue weighted by Gasteiger charge is -2.59. The van der Waals surface area contributed by atoms with Crippen molar-refractivity contribution in [2.75, 3.05) is 0 Å². The summed E-state index contributed by atoms with van der Waals surface area (Å²) < 4.78 is 0. The van der Waals surface area contributed by atoms with Crippen LogP contribution < -0.4 is 0 Å². The Morgan fingerprint density at radius 2 is 1.72 bits per heavy atom. The van der Waals surface area contributed by atoms with Gasteiger partial charge in [0.25, 0.3) is 0 Å². The molecule has 4 aliphatic rings. The molecule has 0 spiro atoms.